The van der Waals surface area contributed by atoms with E-state index >= 15 is 0 Å². The van der Waals surface area contributed by atoms with Gasteiger partial charge in [-0.05, 0) is 31.6 Å². The van der Waals surface area contributed by atoms with Gasteiger partial charge in [0.15, 0.2) is 17.5 Å². The Morgan fingerprint density at radius 3 is 2.75 bits per heavy atom. The maximum Gasteiger partial charge on any atom is 0.194 e. The highest BCUT2D eigenvalue weighted by Gasteiger charge is 2.15. The van der Waals surface area contributed by atoms with Crippen LogP contribution in [0.15, 0.2) is 24.5 Å². The maximum absolute atomic E-state index is 13.6. The third-order valence-corrected chi connectivity index (χ3v) is 3.09. The largest absolute Gasteiger partial charge is 0.335 e. The van der Waals surface area contributed by atoms with Crippen molar-refractivity contribution in [2.45, 2.75) is 19.4 Å². The number of hydrogen-bond donors (Lipinski definition) is 1. The topological polar surface area (TPSA) is 29.9 Å². The quantitative estimate of drug-likeness (QED) is 0.652. The monoisotopic (exact) mass is 283 g/mol. The molecule has 3 nitrogen and oxygen atoms in total. The molecule has 0 aliphatic carbocycles. The molecule has 1 N–H and O–H groups in total. The molecular formula is C14H16F3N3. The van der Waals surface area contributed by atoms with Gasteiger partial charge in [0.05, 0.1) is 0 Å². The van der Waals surface area contributed by atoms with Gasteiger partial charge in [0.1, 0.15) is 5.82 Å². The normalized spacial score (nSPS) is 11.0. The zero-order chi connectivity index (χ0) is 14.5. The van der Waals surface area contributed by atoms with Crippen molar-refractivity contribution in [2.75, 3.05) is 13.6 Å². The summed E-state index contributed by atoms with van der Waals surface area (Å²) in [6.45, 7) is 1.60. The lowest BCUT2D eigenvalue weighted by atomic mass is 10.1. The molecule has 1 aromatic carbocycles. The van der Waals surface area contributed by atoms with Crippen molar-refractivity contribution in [1.82, 2.24) is 14.9 Å². The summed E-state index contributed by atoms with van der Waals surface area (Å²) < 4.78 is 41.6. The van der Waals surface area contributed by atoms with Crippen LogP contribution in [0, 0.1) is 17.5 Å². The fourth-order valence-corrected chi connectivity index (χ4v) is 2.01. The lowest BCUT2D eigenvalue weighted by Gasteiger charge is -2.09. The second-order valence-corrected chi connectivity index (χ2v) is 4.51. The van der Waals surface area contributed by atoms with E-state index in [1.807, 2.05) is 11.6 Å². The van der Waals surface area contributed by atoms with Gasteiger partial charge in [-0.15, -0.1) is 0 Å². The smallest absolute Gasteiger partial charge is 0.194 e. The van der Waals surface area contributed by atoms with Crippen molar-refractivity contribution < 1.29 is 13.2 Å². The molecule has 6 heteroatoms. The predicted octanol–water partition coefficient (Wildman–Crippen LogP) is 2.50. The Bertz CT molecular complexity index is 581. The van der Waals surface area contributed by atoms with E-state index in [2.05, 4.69) is 10.3 Å². The van der Waals surface area contributed by atoms with Crippen molar-refractivity contribution in [1.29, 1.82) is 0 Å². The average Bonchev–Trinajstić information content (AvgIpc) is 2.87. The fourth-order valence-electron chi connectivity index (χ4n) is 2.01. The minimum atomic E-state index is -1.43. The van der Waals surface area contributed by atoms with Crippen molar-refractivity contribution in [2.24, 2.45) is 0 Å². The molecule has 0 atom stereocenters. The Balaban J connectivity index is 2.14. The summed E-state index contributed by atoms with van der Waals surface area (Å²) in [5.41, 5.74) is 0.102. The van der Waals surface area contributed by atoms with Gasteiger partial charge in [0.2, 0.25) is 0 Å². The Morgan fingerprint density at radius 2 is 2.00 bits per heavy atom. The van der Waals surface area contributed by atoms with Crippen LogP contribution in [0.3, 0.4) is 0 Å². The predicted molar refractivity (Wildman–Crippen MR) is 69.9 cm³/mol. The molecular weight excluding hydrogens is 267 g/mol. The molecule has 20 heavy (non-hydrogen) atoms. The highest BCUT2D eigenvalue weighted by molar-refractivity contribution is 5.23. The Morgan fingerprint density at radius 1 is 1.20 bits per heavy atom. The SMILES string of the molecule is CNCCCn1ccnc1Cc1ccc(F)c(F)c1F. The van der Waals surface area contributed by atoms with E-state index in [-0.39, 0.29) is 12.0 Å². The first-order chi connectivity index (χ1) is 9.63. The van der Waals surface area contributed by atoms with Crippen LogP contribution in [0.25, 0.3) is 0 Å². The molecule has 1 aromatic heterocycles. The van der Waals surface area contributed by atoms with E-state index in [9.17, 15) is 13.2 Å². The standard InChI is InChI=1S/C14H16F3N3/c1-18-5-2-7-20-8-6-19-12(20)9-10-3-4-11(15)14(17)13(10)16/h3-4,6,8,18H,2,5,7,9H2,1H3. The molecule has 0 aliphatic heterocycles. The summed E-state index contributed by atoms with van der Waals surface area (Å²) in [4.78, 5) is 4.14. The minimum Gasteiger partial charge on any atom is -0.335 e. The molecule has 2 rings (SSSR count). The third-order valence-electron chi connectivity index (χ3n) is 3.09. The number of aromatic nitrogens is 2. The van der Waals surface area contributed by atoms with E-state index in [1.54, 1.807) is 12.4 Å². The summed E-state index contributed by atoms with van der Waals surface area (Å²) in [6.07, 6.45) is 4.45. The molecule has 0 bridgehead atoms. The number of hydrogen-bond acceptors (Lipinski definition) is 2. The molecule has 2 aromatic rings. The molecule has 0 aliphatic rings. The zero-order valence-corrected chi connectivity index (χ0v) is 11.2. The van der Waals surface area contributed by atoms with E-state index in [0.29, 0.717) is 5.82 Å². The number of nitrogens with zero attached hydrogens (tertiary/aromatic N) is 2. The molecule has 0 saturated carbocycles. The summed E-state index contributed by atoms with van der Waals surface area (Å²) in [6, 6.07) is 2.18. The third kappa shape index (κ3) is 3.19. The number of imidazole rings is 1. The average molecular weight is 283 g/mol. The van der Waals surface area contributed by atoms with Gasteiger partial charge in [-0.25, -0.2) is 18.2 Å². The summed E-state index contributed by atoms with van der Waals surface area (Å²) in [7, 11) is 1.87. The number of nitrogens with one attached hydrogen (secondary N) is 1. The van der Waals surface area contributed by atoms with Crippen LogP contribution in [-0.2, 0) is 13.0 Å². The van der Waals surface area contributed by atoms with Crippen molar-refractivity contribution in [3.05, 3.63) is 53.4 Å². The van der Waals surface area contributed by atoms with Gasteiger partial charge in [-0.3, -0.25) is 0 Å². The minimum absolute atomic E-state index is 0.102. The van der Waals surface area contributed by atoms with Crippen LogP contribution >= 0.6 is 0 Å². The van der Waals surface area contributed by atoms with Crippen LogP contribution < -0.4 is 5.32 Å². The molecule has 108 valence electrons. The summed E-state index contributed by atoms with van der Waals surface area (Å²) >= 11 is 0. The van der Waals surface area contributed by atoms with E-state index in [1.165, 1.54) is 6.07 Å². The van der Waals surface area contributed by atoms with Crippen molar-refractivity contribution in [3.8, 4) is 0 Å². The summed E-state index contributed by atoms with van der Waals surface area (Å²) in [5, 5.41) is 3.04. The van der Waals surface area contributed by atoms with Crippen LogP contribution in [-0.4, -0.2) is 23.1 Å². The van der Waals surface area contributed by atoms with Crippen LogP contribution in [0.1, 0.15) is 17.8 Å². The summed E-state index contributed by atoms with van der Waals surface area (Å²) in [5.74, 6) is -3.12. The molecule has 0 radical (unpaired) electrons. The van der Waals surface area contributed by atoms with Gasteiger partial charge in [-0.1, -0.05) is 6.07 Å². The molecule has 0 unspecified atom stereocenters. The van der Waals surface area contributed by atoms with E-state index in [0.717, 1.165) is 25.6 Å². The van der Waals surface area contributed by atoms with Gasteiger partial charge >= 0.3 is 0 Å². The van der Waals surface area contributed by atoms with E-state index < -0.39 is 17.5 Å². The molecule has 1 heterocycles. The Kier molecular flexibility index (Phi) is 4.79. The van der Waals surface area contributed by atoms with E-state index in [4.69, 9.17) is 0 Å². The first-order valence-corrected chi connectivity index (χ1v) is 6.40. The maximum atomic E-state index is 13.6. The highest BCUT2D eigenvalue weighted by Crippen LogP contribution is 2.18. The van der Waals surface area contributed by atoms with Gasteiger partial charge in [0, 0.05) is 25.4 Å². The lowest BCUT2D eigenvalue weighted by Crippen LogP contribution is -2.12. The lowest BCUT2D eigenvalue weighted by molar-refractivity contribution is 0.441. The number of rotatable bonds is 6. The number of benzene rings is 1. The van der Waals surface area contributed by atoms with Crippen LogP contribution in [0.4, 0.5) is 13.2 Å². The fraction of sp³-hybridized carbons (Fsp3) is 0.357. The Hall–Kier alpha value is -1.82. The van der Waals surface area contributed by atoms with Gasteiger partial charge in [-0.2, -0.15) is 0 Å². The number of aryl methyl sites for hydroxylation is 1. The van der Waals surface area contributed by atoms with Gasteiger partial charge < -0.3 is 9.88 Å². The first-order valence-electron chi connectivity index (χ1n) is 6.40. The number of halogens is 3. The second-order valence-electron chi connectivity index (χ2n) is 4.51. The van der Waals surface area contributed by atoms with Crippen molar-refractivity contribution in [3.63, 3.8) is 0 Å². The molecule has 0 saturated heterocycles. The molecule has 0 fully saturated rings. The molecule has 0 amide bonds. The van der Waals surface area contributed by atoms with Crippen LogP contribution in [0.5, 0.6) is 0 Å². The highest BCUT2D eigenvalue weighted by atomic mass is 19.2. The van der Waals surface area contributed by atoms with Gasteiger partial charge in [0.25, 0.3) is 0 Å². The Labute approximate surface area is 115 Å². The van der Waals surface area contributed by atoms with Crippen molar-refractivity contribution >= 4 is 0 Å². The van der Waals surface area contributed by atoms with Crippen LogP contribution in [0.2, 0.25) is 0 Å². The zero-order valence-electron chi connectivity index (χ0n) is 11.2. The second kappa shape index (κ2) is 6.56. The first kappa shape index (κ1) is 14.6. The molecule has 0 spiro atoms.